The van der Waals surface area contributed by atoms with Gasteiger partial charge in [-0.25, -0.2) is 0 Å². The Labute approximate surface area is 118 Å². The summed E-state index contributed by atoms with van der Waals surface area (Å²) in [7, 11) is 0. The van der Waals surface area contributed by atoms with Crippen molar-refractivity contribution in [2.45, 2.75) is 38.1 Å². The van der Waals surface area contributed by atoms with Crippen LogP contribution in [0.25, 0.3) is 0 Å². The van der Waals surface area contributed by atoms with Crippen molar-refractivity contribution < 1.29 is 4.79 Å². The minimum absolute atomic E-state index is 0.178. The van der Waals surface area contributed by atoms with Gasteiger partial charge >= 0.3 is 0 Å². The molecule has 3 rings (SSSR count). The third-order valence-electron chi connectivity index (χ3n) is 4.52. The highest BCUT2D eigenvalue weighted by Crippen LogP contribution is 2.45. The molecule has 1 saturated carbocycles. The maximum absolute atomic E-state index is 12.8. The summed E-state index contributed by atoms with van der Waals surface area (Å²) in [5.41, 5.74) is 6.77. The van der Waals surface area contributed by atoms with E-state index in [0.29, 0.717) is 5.02 Å². The van der Waals surface area contributed by atoms with Crippen LogP contribution >= 0.6 is 11.6 Å². The van der Waals surface area contributed by atoms with Crippen molar-refractivity contribution in [1.82, 2.24) is 0 Å². The van der Waals surface area contributed by atoms with Crippen LogP contribution in [-0.2, 0) is 4.79 Å². The number of anilines is 1. The normalized spacial score (nSPS) is 31.2. The van der Waals surface area contributed by atoms with E-state index in [1.165, 1.54) is 0 Å². The smallest absolute Gasteiger partial charge is 0.233 e. The van der Waals surface area contributed by atoms with Crippen LogP contribution in [0.2, 0.25) is 5.02 Å². The monoisotopic (exact) mass is 278 g/mol. The van der Waals surface area contributed by atoms with Crippen molar-refractivity contribution in [2.24, 2.45) is 11.1 Å². The van der Waals surface area contributed by atoms with Crippen molar-refractivity contribution in [3.8, 4) is 0 Å². The molecule has 19 heavy (non-hydrogen) atoms. The van der Waals surface area contributed by atoms with E-state index in [9.17, 15) is 4.79 Å². The molecule has 1 aromatic rings. The molecule has 102 valence electrons. The van der Waals surface area contributed by atoms with Crippen LogP contribution in [0.15, 0.2) is 24.3 Å². The van der Waals surface area contributed by atoms with Crippen LogP contribution in [0.1, 0.15) is 32.1 Å². The Balaban J connectivity index is 1.86. The minimum Gasteiger partial charge on any atom is -0.328 e. The summed E-state index contributed by atoms with van der Waals surface area (Å²) in [6, 6.07) is 7.71. The van der Waals surface area contributed by atoms with E-state index in [-0.39, 0.29) is 17.4 Å². The number of amides is 1. The average Bonchev–Trinajstić information content (AvgIpc) is 2.67. The first-order valence-electron chi connectivity index (χ1n) is 6.94. The molecule has 3 nitrogen and oxygen atoms in total. The summed E-state index contributed by atoms with van der Waals surface area (Å²) in [6.45, 7) is 0.784. The predicted octanol–water partition coefficient (Wildman–Crippen LogP) is 2.96. The van der Waals surface area contributed by atoms with Gasteiger partial charge in [0, 0.05) is 23.3 Å². The molecule has 0 bridgehead atoms. The van der Waals surface area contributed by atoms with E-state index >= 15 is 0 Å². The summed E-state index contributed by atoms with van der Waals surface area (Å²) in [6.07, 6.45) is 4.86. The lowest BCUT2D eigenvalue weighted by molar-refractivity contribution is -0.127. The molecule has 4 heteroatoms. The standard InChI is InChI=1S/C15H19ClN2O/c16-11-3-1-5-13(9-11)18-8-7-15(14(18)19)6-2-4-12(17)10-15/h1,3,5,9,12H,2,4,6-8,10,17H2/t12-,15?/m1/s1. The number of carbonyl (C=O) groups excluding carboxylic acids is 1. The number of nitrogens with two attached hydrogens (primary N) is 1. The Morgan fingerprint density at radius 1 is 1.37 bits per heavy atom. The molecule has 2 fully saturated rings. The van der Waals surface area contributed by atoms with Gasteiger partial charge in [-0.2, -0.15) is 0 Å². The molecule has 1 heterocycles. The topological polar surface area (TPSA) is 46.3 Å². The highest BCUT2D eigenvalue weighted by atomic mass is 35.5. The lowest BCUT2D eigenvalue weighted by Crippen LogP contribution is -2.42. The first-order valence-corrected chi connectivity index (χ1v) is 7.32. The van der Waals surface area contributed by atoms with E-state index in [0.717, 1.165) is 44.3 Å². The SMILES string of the molecule is N[C@@H]1CCCC2(CCN(c3cccc(Cl)c3)C2=O)C1. The predicted molar refractivity (Wildman–Crippen MR) is 77.3 cm³/mol. The van der Waals surface area contributed by atoms with E-state index in [4.69, 9.17) is 17.3 Å². The Morgan fingerprint density at radius 3 is 2.95 bits per heavy atom. The van der Waals surface area contributed by atoms with E-state index in [2.05, 4.69) is 0 Å². The van der Waals surface area contributed by atoms with Gasteiger partial charge in [0.15, 0.2) is 0 Å². The molecular weight excluding hydrogens is 260 g/mol. The van der Waals surface area contributed by atoms with Crippen LogP contribution in [0.3, 0.4) is 0 Å². The van der Waals surface area contributed by atoms with Crippen LogP contribution < -0.4 is 10.6 Å². The highest BCUT2D eigenvalue weighted by Gasteiger charge is 2.48. The molecule has 1 unspecified atom stereocenters. The molecule has 1 amide bonds. The largest absolute Gasteiger partial charge is 0.328 e. The van der Waals surface area contributed by atoms with Gasteiger partial charge in [0.2, 0.25) is 5.91 Å². The molecule has 1 saturated heterocycles. The first-order chi connectivity index (χ1) is 9.11. The maximum atomic E-state index is 12.8. The number of carbonyl (C=O) groups is 1. The molecule has 1 aliphatic heterocycles. The summed E-state index contributed by atoms with van der Waals surface area (Å²) in [5, 5.41) is 0.673. The van der Waals surface area contributed by atoms with Gasteiger partial charge in [-0.15, -0.1) is 0 Å². The van der Waals surface area contributed by atoms with Gasteiger partial charge in [0.1, 0.15) is 0 Å². The summed E-state index contributed by atoms with van der Waals surface area (Å²) in [4.78, 5) is 14.6. The van der Waals surface area contributed by atoms with Crippen LogP contribution in [0.4, 0.5) is 5.69 Å². The Bertz CT molecular complexity index is 505. The second-order valence-corrected chi connectivity index (χ2v) is 6.26. The van der Waals surface area contributed by atoms with E-state index in [1.807, 2.05) is 29.2 Å². The maximum Gasteiger partial charge on any atom is 0.233 e. The average molecular weight is 279 g/mol. The van der Waals surface area contributed by atoms with Gasteiger partial charge in [-0.3, -0.25) is 4.79 Å². The van der Waals surface area contributed by atoms with Crippen molar-refractivity contribution in [3.05, 3.63) is 29.3 Å². The summed E-state index contributed by atoms with van der Waals surface area (Å²) < 4.78 is 0. The fourth-order valence-corrected chi connectivity index (χ4v) is 3.73. The zero-order valence-corrected chi connectivity index (χ0v) is 11.7. The fraction of sp³-hybridized carbons (Fsp3) is 0.533. The van der Waals surface area contributed by atoms with Gasteiger partial charge in [0.05, 0.1) is 5.41 Å². The summed E-state index contributed by atoms with van der Waals surface area (Å²) >= 11 is 6.01. The van der Waals surface area contributed by atoms with Gasteiger partial charge in [-0.05, 0) is 43.9 Å². The van der Waals surface area contributed by atoms with Gasteiger partial charge < -0.3 is 10.6 Å². The van der Waals surface area contributed by atoms with Crippen molar-refractivity contribution in [3.63, 3.8) is 0 Å². The quantitative estimate of drug-likeness (QED) is 0.858. The first kappa shape index (κ1) is 12.9. The van der Waals surface area contributed by atoms with Crippen LogP contribution in [0, 0.1) is 5.41 Å². The minimum atomic E-state index is -0.208. The molecule has 1 aromatic carbocycles. The number of benzene rings is 1. The summed E-state index contributed by atoms with van der Waals surface area (Å²) in [5.74, 6) is 0.241. The third kappa shape index (κ3) is 2.26. The number of hydrogen-bond acceptors (Lipinski definition) is 2. The van der Waals surface area contributed by atoms with Crippen LogP contribution in [-0.4, -0.2) is 18.5 Å². The molecule has 1 spiro atoms. The number of halogens is 1. The van der Waals surface area contributed by atoms with Gasteiger partial charge in [-0.1, -0.05) is 24.1 Å². The number of rotatable bonds is 1. The second-order valence-electron chi connectivity index (χ2n) is 5.82. The van der Waals surface area contributed by atoms with Gasteiger partial charge in [0.25, 0.3) is 0 Å². The molecule has 2 N–H and O–H groups in total. The third-order valence-corrected chi connectivity index (χ3v) is 4.75. The highest BCUT2D eigenvalue weighted by molar-refractivity contribution is 6.31. The molecule has 0 aromatic heterocycles. The second kappa shape index (κ2) is 4.80. The van der Waals surface area contributed by atoms with Crippen LogP contribution in [0.5, 0.6) is 0 Å². The van der Waals surface area contributed by atoms with Crippen molar-refractivity contribution >= 4 is 23.2 Å². The molecule has 0 radical (unpaired) electrons. The molecular formula is C15H19ClN2O. The van der Waals surface area contributed by atoms with E-state index in [1.54, 1.807) is 0 Å². The molecule has 1 aliphatic carbocycles. The lowest BCUT2D eigenvalue weighted by Gasteiger charge is -2.35. The molecule has 2 atom stereocenters. The van der Waals surface area contributed by atoms with E-state index < -0.39 is 0 Å². The Kier molecular flexibility index (Phi) is 3.27. The lowest BCUT2D eigenvalue weighted by atomic mass is 9.71. The number of hydrogen-bond donors (Lipinski definition) is 1. The van der Waals surface area contributed by atoms with Crippen molar-refractivity contribution in [2.75, 3.05) is 11.4 Å². The molecule has 2 aliphatic rings. The van der Waals surface area contributed by atoms with Crippen molar-refractivity contribution in [1.29, 1.82) is 0 Å². The Morgan fingerprint density at radius 2 is 2.21 bits per heavy atom. The Hall–Kier alpha value is -1.06. The number of nitrogens with zero attached hydrogens (tertiary/aromatic N) is 1. The fourth-order valence-electron chi connectivity index (χ4n) is 3.54. The zero-order valence-electron chi connectivity index (χ0n) is 10.9. The zero-order chi connectivity index (χ0) is 13.5.